The zero-order valence-corrected chi connectivity index (χ0v) is 10.6. The quantitative estimate of drug-likeness (QED) is 0.849. The molecule has 0 aliphatic carbocycles. The molecule has 1 aromatic heterocycles. The van der Waals surface area contributed by atoms with E-state index in [0.717, 1.165) is 18.7 Å². The molecular formula is C13H19N3O. The second-order valence-electron chi connectivity index (χ2n) is 4.82. The highest BCUT2D eigenvalue weighted by Crippen LogP contribution is 2.26. The Balaban J connectivity index is 2.25. The van der Waals surface area contributed by atoms with Crippen LogP contribution >= 0.6 is 0 Å². The lowest BCUT2D eigenvalue weighted by Crippen LogP contribution is -2.34. The summed E-state index contributed by atoms with van der Waals surface area (Å²) in [5, 5.41) is 3.02. The molecule has 0 saturated carbocycles. The van der Waals surface area contributed by atoms with Crippen molar-refractivity contribution in [1.29, 1.82) is 0 Å². The molecule has 2 unspecified atom stereocenters. The Morgan fingerprint density at radius 3 is 2.88 bits per heavy atom. The Bertz CT molecular complexity index is 419. The second-order valence-corrected chi connectivity index (χ2v) is 4.82. The van der Waals surface area contributed by atoms with E-state index in [4.69, 9.17) is 0 Å². The Kier molecular flexibility index (Phi) is 3.31. The highest BCUT2D eigenvalue weighted by atomic mass is 16.2. The van der Waals surface area contributed by atoms with Crippen LogP contribution < -0.4 is 5.32 Å². The highest BCUT2D eigenvalue weighted by molar-refractivity contribution is 5.99. The smallest absolute Gasteiger partial charge is 0.256 e. The number of rotatable bonds is 2. The molecule has 1 aliphatic rings. The molecule has 2 atom stereocenters. The van der Waals surface area contributed by atoms with Crippen molar-refractivity contribution in [2.45, 2.75) is 26.3 Å². The minimum Gasteiger partial charge on any atom is -0.386 e. The minimum absolute atomic E-state index is 0.105. The number of anilines is 1. The third-order valence-corrected chi connectivity index (χ3v) is 3.37. The molecule has 4 heteroatoms. The van der Waals surface area contributed by atoms with Crippen LogP contribution in [0.25, 0.3) is 0 Å². The van der Waals surface area contributed by atoms with E-state index in [1.165, 1.54) is 0 Å². The zero-order chi connectivity index (χ0) is 12.4. The minimum atomic E-state index is 0.105. The van der Waals surface area contributed by atoms with Crippen molar-refractivity contribution in [3.05, 3.63) is 24.0 Å². The number of carbonyl (C=O) groups excluding carboxylic acids is 1. The summed E-state index contributed by atoms with van der Waals surface area (Å²) in [4.78, 5) is 18.4. The van der Waals surface area contributed by atoms with E-state index in [1.54, 1.807) is 18.5 Å². The lowest BCUT2D eigenvalue weighted by molar-refractivity contribution is 0.0744. The van der Waals surface area contributed by atoms with Gasteiger partial charge in [-0.25, -0.2) is 0 Å². The maximum Gasteiger partial charge on any atom is 0.256 e. The van der Waals surface area contributed by atoms with Crippen LogP contribution in [0.1, 0.15) is 30.6 Å². The third kappa shape index (κ3) is 2.25. The topological polar surface area (TPSA) is 45.2 Å². The third-order valence-electron chi connectivity index (χ3n) is 3.37. The van der Waals surface area contributed by atoms with E-state index in [1.807, 2.05) is 11.9 Å². The van der Waals surface area contributed by atoms with Crippen LogP contribution in [-0.4, -0.2) is 35.4 Å². The van der Waals surface area contributed by atoms with Gasteiger partial charge in [0, 0.05) is 25.8 Å². The van der Waals surface area contributed by atoms with Gasteiger partial charge >= 0.3 is 0 Å². The SMILES string of the molecule is CNc1cnccc1C(=O)N1CC(C)CC1C. The first-order chi connectivity index (χ1) is 8.13. The second kappa shape index (κ2) is 4.73. The van der Waals surface area contributed by atoms with Crippen LogP contribution in [0.5, 0.6) is 0 Å². The maximum absolute atomic E-state index is 12.4. The molecule has 1 N–H and O–H groups in total. The lowest BCUT2D eigenvalue weighted by Gasteiger charge is -2.22. The molecule has 2 rings (SSSR count). The molecule has 0 bridgehead atoms. The molecule has 1 amide bonds. The lowest BCUT2D eigenvalue weighted by atomic mass is 10.1. The zero-order valence-electron chi connectivity index (χ0n) is 10.6. The van der Waals surface area contributed by atoms with E-state index in [-0.39, 0.29) is 5.91 Å². The first kappa shape index (κ1) is 11.9. The van der Waals surface area contributed by atoms with Gasteiger partial charge in [-0.2, -0.15) is 0 Å². The van der Waals surface area contributed by atoms with Gasteiger partial charge in [0.2, 0.25) is 0 Å². The fourth-order valence-electron chi connectivity index (χ4n) is 2.52. The monoisotopic (exact) mass is 233 g/mol. The molecule has 17 heavy (non-hydrogen) atoms. The van der Waals surface area contributed by atoms with Gasteiger partial charge in [0.25, 0.3) is 5.91 Å². The predicted molar refractivity (Wildman–Crippen MR) is 68.1 cm³/mol. The number of hydrogen-bond donors (Lipinski definition) is 1. The summed E-state index contributed by atoms with van der Waals surface area (Å²) >= 11 is 0. The van der Waals surface area contributed by atoms with Crippen molar-refractivity contribution in [2.75, 3.05) is 18.9 Å². The van der Waals surface area contributed by atoms with Gasteiger partial charge in [0.05, 0.1) is 17.4 Å². The average Bonchev–Trinajstić information content (AvgIpc) is 2.67. The summed E-state index contributed by atoms with van der Waals surface area (Å²) in [6.45, 7) is 5.16. The largest absolute Gasteiger partial charge is 0.386 e. The molecule has 0 spiro atoms. The van der Waals surface area contributed by atoms with Crippen molar-refractivity contribution in [3.8, 4) is 0 Å². The van der Waals surface area contributed by atoms with E-state index >= 15 is 0 Å². The number of pyridine rings is 1. The van der Waals surface area contributed by atoms with Crippen LogP contribution in [0.15, 0.2) is 18.5 Å². The van der Waals surface area contributed by atoms with E-state index in [0.29, 0.717) is 17.5 Å². The van der Waals surface area contributed by atoms with E-state index < -0.39 is 0 Å². The number of carbonyl (C=O) groups is 1. The van der Waals surface area contributed by atoms with Gasteiger partial charge < -0.3 is 10.2 Å². The number of hydrogen-bond acceptors (Lipinski definition) is 3. The molecule has 0 aromatic carbocycles. The first-order valence-corrected chi connectivity index (χ1v) is 6.06. The molecule has 1 fully saturated rings. The molecule has 2 heterocycles. The molecule has 1 saturated heterocycles. The van der Waals surface area contributed by atoms with E-state index in [2.05, 4.69) is 24.1 Å². The van der Waals surface area contributed by atoms with Crippen LogP contribution in [0.3, 0.4) is 0 Å². The van der Waals surface area contributed by atoms with Crippen LogP contribution in [-0.2, 0) is 0 Å². The number of aromatic nitrogens is 1. The standard InChI is InChI=1S/C13H19N3O/c1-9-6-10(2)16(8-9)13(17)11-4-5-15-7-12(11)14-3/h4-5,7,9-10,14H,6,8H2,1-3H3. The van der Waals surface area contributed by atoms with Gasteiger partial charge in [0.15, 0.2) is 0 Å². The van der Waals surface area contributed by atoms with Gasteiger partial charge in [0.1, 0.15) is 0 Å². The van der Waals surface area contributed by atoms with Crippen LogP contribution in [0, 0.1) is 5.92 Å². The van der Waals surface area contributed by atoms with Gasteiger partial charge in [-0.15, -0.1) is 0 Å². The Labute approximate surface area is 102 Å². The van der Waals surface area contributed by atoms with Crippen LogP contribution in [0.4, 0.5) is 5.69 Å². The average molecular weight is 233 g/mol. The van der Waals surface area contributed by atoms with Crippen molar-refractivity contribution in [3.63, 3.8) is 0 Å². The maximum atomic E-state index is 12.4. The van der Waals surface area contributed by atoms with Gasteiger partial charge in [-0.1, -0.05) is 6.92 Å². The van der Waals surface area contributed by atoms with Crippen molar-refractivity contribution in [2.24, 2.45) is 5.92 Å². The van der Waals surface area contributed by atoms with Crippen molar-refractivity contribution < 1.29 is 4.79 Å². The Hall–Kier alpha value is -1.58. The Morgan fingerprint density at radius 1 is 1.53 bits per heavy atom. The fraction of sp³-hybridized carbons (Fsp3) is 0.538. The number of nitrogens with zero attached hydrogens (tertiary/aromatic N) is 2. The normalized spacial score (nSPS) is 23.8. The number of likely N-dealkylation sites (tertiary alicyclic amines) is 1. The summed E-state index contributed by atoms with van der Waals surface area (Å²) in [7, 11) is 1.81. The van der Waals surface area contributed by atoms with Crippen molar-refractivity contribution >= 4 is 11.6 Å². The molecular weight excluding hydrogens is 214 g/mol. The molecule has 0 radical (unpaired) electrons. The van der Waals surface area contributed by atoms with Gasteiger partial charge in [-0.3, -0.25) is 9.78 Å². The summed E-state index contributed by atoms with van der Waals surface area (Å²) in [6.07, 6.45) is 4.45. The van der Waals surface area contributed by atoms with Crippen LogP contribution in [0.2, 0.25) is 0 Å². The summed E-state index contributed by atoms with van der Waals surface area (Å²) in [5.41, 5.74) is 1.51. The van der Waals surface area contributed by atoms with E-state index in [9.17, 15) is 4.79 Å². The molecule has 4 nitrogen and oxygen atoms in total. The fourth-order valence-corrected chi connectivity index (χ4v) is 2.52. The Morgan fingerprint density at radius 2 is 2.29 bits per heavy atom. The molecule has 1 aliphatic heterocycles. The summed E-state index contributed by atoms with van der Waals surface area (Å²) in [5.74, 6) is 0.697. The van der Waals surface area contributed by atoms with Gasteiger partial charge in [-0.05, 0) is 25.3 Å². The summed E-state index contributed by atoms with van der Waals surface area (Å²) in [6, 6.07) is 2.11. The number of nitrogens with one attached hydrogen (secondary N) is 1. The molecule has 1 aromatic rings. The predicted octanol–water partition coefficient (Wildman–Crippen LogP) is 1.99. The molecule has 92 valence electrons. The highest BCUT2D eigenvalue weighted by Gasteiger charge is 2.31. The van der Waals surface area contributed by atoms with Crippen molar-refractivity contribution in [1.82, 2.24) is 9.88 Å². The first-order valence-electron chi connectivity index (χ1n) is 6.06. The number of amides is 1. The summed E-state index contributed by atoms with van der Waals surface area (Å²) < 4.78 is 0.